The summed E-state index contributed by atoms with van der Waals surface area (Å²) in [6, 6.07) is 5.57. The molecule has 0 aliphatic heterocycles. The first-order valence-electron chi connectivity index (χ1n) is 6.83. The first kappa shape index (κ1) is 19.4. The van der Waals surface area contributed by atoms with Crippen molar-refractivity contribution in [2.75, 3.05) is 18.5 Å². The van der Waals surface area contributed by atoms with Gasteiger partial charge in [0.2, 0.25) is 5.78 Å². The zero-order valence-corrected chi connectivity index (χ0v) is 14.4. The molecule has 1 rings (SSSR count). The third-order valence-corrected chi connectivity index (χ3v) is 5.04. The second-order valence-corrected chi connectivity index (χ2v) is 6.84. The number of carbonyl (C=O) groups is 2. The summed E-state index contributed by atoms with van der Waals surface area (Å²) in [5.74, 6) is -2.64. The Kier molecular flexibility index (Phi) is 7.51. The van der Waals surface area contributed by atoms with Crippen molar-refractivity contribution in [2.24, 2.45) is 5.73 Å². The Morgan fingerprint density at radius 2 is 1.91 bits per heavy atom. The van der Waals surface area contributed by atoms with E-state index in [-0.39, 0.29) is 13.2 Å². The van der Waals surface area contributed by atoms with Gasteiger partial charge in [-0.3, -0.25) is 9.36 Å². The fourth-order valence-electron chi connectivity index (χ4n) is 1.71. The molecule has 0 radical (unpaired) electrons. The highest BCUT2D eigenvalue weighted by atomic mass is 35.5. The Labute approximate surface area is 139 Å². The number of rotatable bonds is 8. The summed E-state index contributed by atoms with van der Waals surface area (Å²) in [7, 11) is -3.93. The van der Waals surface area contributed by atoms with Gasteiger partial charge < -0.3 is 25.4 Å². The van der Waals surface area contributed by atoms with E-state index in [1.165, 1.54) is 6.07 Å². The Bertz CT molecular complexity index is 603. The number of urea groups is 1. The van der Waals surface area contributed by atoms with Crippen molar-refractivity contribution in [3.8, 4) is 0 Å². The van der Waals surface area contributed by atoms with Crippen molar-refractivity contribution in [2.45, 2.75) is 19.6 Å². The fourth-order valence-corrected chi connectivity index (χ4v) is 3.58. The van der Waals surface area contributed by atoms with Crippen LogP contribution in [-0.2, 0) is 18.4 Å². The number of halogens is 1. The highest BCUT2D eigenvalue weighted by Gasteiger charge is 2.41. The van der Waals surface area contributed by atoms with Crippen molar-refractivity contribution >= 4 is 36.8 Å². The van der Waals surface area contributed by atoms with Gasteiger partial charge in [-0.25, -0.2) is 4.79 Å². The van der Waals surface area contributed by atoms with Gasteiger partial charge in [0.05, 0.1) is 13.2 Å². The van der Waals surface area contributed by atoms with Gasteiger partial charge in [0, 0.05) is 10.7 Å². The van der Waals surface area contributed by atoms with Gasteiger partial charge >= 0.3 is 13.6 Å². The van der Waals surface area contributed by atoms with Crippen LogP contribution in [0, 0.1) is 0 Å². The van der Waals surface area contributed by atoms with Crippen molar-refractivity contribution < 1.29 is 23.2 Å². The van der Waals surface area contributed by atoms with Gasteiger partial charge in [0.25, 0.3) is 5.91 Å². The molecule has 1 aromatic rings. The zero-order chi connectivity index (χ0) is 17.5. The number of nitrogens with one attached hydrogen (secondary N) is 2. The van der Waals surface area contributed by atoms with Crippen molar-refractivity contribution in [3.63, 3.8) is 0 Å². The number of hydrogen-bond donors (Lipinski definition) is 3. The Morgan fingerprint density at radius 3 is 2.39 bits per heavy atom. The molecule has 0 aromatic heterocycles. The number of nitrogens with two attached hydrogens (primary N) is 1. The second kappa shape index (κ2) is 8.88. The first-order chi connectivity index (χ1) is 10.8. The van der Waals surface area contributed by atoms with E-state index in [2.05, 4.69) is 10.6 Å². The molecule has 23 heavy (non-hydrogen) atoms. The number of amides is 3. The molecule has 0 unspecified atom stereocenters. The lowest BCUT2D eigenvalue weighted by atomic mass is 10.3. The van der Waals surface area contributed by atoms with Gasteiger partial charge in [0.15, 0.2) is 0 Å². The Morgan fingerprint density at radius 1 is 1.30 bits per heavy atom. The number of benzene rings is 1. The van der Waals surface area contributed by atoms with Crippen LogP contribution in [0.15, 0.2) is 24.3 Å². The molecular formula is C13H19ClN3O5P. The Balaban J connectivity index is 2.88. The maximum atomic E-state index is 12.6. The summed E-state index contributed by atoms with van der Waals surface area (Å²) >= 11 is 5.81. The molecule has 3 amide bonds. The standard InChI is InChI=1S/C13H19ClN3O5P/c1-3-21-23(20,22-4-2)12(11(15)18)17-13(19)16-10-7-5-6-9(14)8-10/h5-8,12H,3-4H2,1-2H3,(H2,15,18)(H2,16,17,19)/t12-/m0/s1. The number of primary amides is 1. The minimum atomic E-state index is -3.93. The molecule has 1 atom stereocenters. The van der Waals surface area contributed by atoms with Gasteiger partial charge in [-0.05, 0) is 32.0 Å². The SMILES string of the molecule is CCOP(=O)(OCC)[C@H](NC(=O)Nc1cccc(Cl)c1)C(N)=O. The fraction of sp³-hybridized carbons (Fsp3) is 0.385. The molecular weight excluding hydrogens is 345 g/mol. The van der Waals surface area contributed by atoms with Crippen molar-refractivity contribution in [3.05, 3.63) is 29.3 Å². The van der Waals surface area contributed by atoms with E-state index in [0.717, 1.165) is 0 Å². The molecule has 0 bridgehead atoms. The van der Waals surface area contributed by atoms with Gasteiger partial charge in [-0.15, -0.1) is 0 Å². The largest absolute Gasteiger partial charge is 0.367 e. The van der Waals surface area contributed by atoms with Crippen LogP contribution in [-0.4, -0.2) is 30.9 Å². The molecule has 0 spiro atoms. The predicted molar refractivity (Wildman–Crippen MR) is 87.4 cm³/mol. The minimum absolute atomic E-state index is 0.0264. The van der Waals surface area contributed by atoms with Crippen molar-refractivity contribution in [1.29, 1.82) is 0 Å². The van der Waals surface area contributed by atoms with Gasteiger partial charge in [-0.2, -0.15) is 0 Å². The maximum Gasteiger partial charge on any atom is 0.362 e. The third kappa shape index (κ3) is 5.84. The third-order valence-electron chi connectivity index (χ3n) is 2.55. The summed E-state index contributed by atoms with van der Waals surface area (Å²) in [4.78, 5) is 23.6. The topological polar surface area (TPSA) is 120 Å². The molecule has 1 aromatic carbocycles. The number of carbonyl (C=O) groups excluding carboxylic acids is 2. The van der Waals surface area contributed by atoms with Crippen LogP contribution in [0.2, 0.25) is 5.02 Å². The summed E-state index contributed by atoms with van der Waals surface area (Å²) < 4.78 is 22.7. The molecule has 0 saturated heterocycles. The van der Waals surface area contributed by atoms with E-state index in [4.69, 9.17) is 26.4 Å². The van der Waals surface area contributed by atoms with E-state index in [9.17, 15) is 14.2 Å². The lowest BCUT2D eigenvalue weighted by Gasteiger charge is -2.24. The molecule has 8 nitrogen and oxygen atoms in total. The van der Waals surface area contributed by atoms with E-state index >= 15 is 0 Å². The second-order valence-electron chi connectivity index (χ2n) is 4.29. The molecule has 128 valence electrons. The van der Waals surface area contributed by atoms with Crippen LogP contribution >= 0.6 is 19.2 Å². The van der Waals surface area contributed by atoms with E-state index < -0.39 is 25.3 Å². The highest BCUT2D eigenvalue weighted by molar-refractivity contribution is 7.55. The quantitative estimate of drug-likeness (QED) is 0.613. The predicted octanol–water partition coefficient (Wildman–Crippen LogP) is 2.54. The minimum Gasteiger partial charge on any atom is -0.367 e. The van der Waals surface area contributed by atoms with Crippen LogP contribution in [0.25, 0.3) is 0 Å². The Hall–Kier alpha value is -1.60. The number of hydrogen-bond acceptors (Lipinski definition) is 5. The molecule has 0 saturated carbocycles. The maximum absolute atomic E-state index is 12.6. The lowest BCUT2D eigenvalue weighted by molar-refractivity contribution is -0.118. The van der Waals surface area contributed by atoms with Crippen LogP contribution in [0.1, 0.15) is 13.8 Å². The first-order valence-corrected chi connectivity index (χ1v) is 8.82. The van der Waals surface area contributed by atoms with Crippen LogP contribution in [0.5, 0.6) is 0 Å². The monoisotopic (exact) mass is 363 g/mol. The molecule has 0 aliphatic rings. The smallest absolute Gasteiger partial charge is 0.362 e. The van der Waals surface area contributed by atoms with Gasteiger partial charge in [-0.1, -0.05) is 17.7 Å². The summed E-state index contributed by atoms with van der Waals surface area (Å²) in [5, 5.41) is 5.08. The van der Waals surface area contributed by atoms with E-state index in [1.54, 1.807) is 32.0 Å². The summed E-state index contributed by atoms with van der Waals surface area (Å²) in [6.45, 7) is 3.21. The number of anilines is 1. The summed E-state index contributed by atoms with van der Waals surface area (Å²) in [5.41, 5.74) is 5.60. The average Bonchev–Trinajstić information content (AvgIpc) is 2.45. The summed E-state index contributed by atoms with van der Waals surface area (Å²) in [6.07, 6.45) is 0. The van der Waals surface area contributed by atoms with Gasteiger partial charge in [0.1, 0.15) is 0 Å². The normalized spacial score (nSPS) is 12.5. The molecule has 0 aliphatic carbocycles. The molecule has 4 N–H and O–H groups in total. The van der Waals surface area contributed by atoms with Crippen LogP contribution in [0.3, 0.4) is 0 Å². The molecule has 0 heterocycles. The molecule has 10 heteroatoms. The van der Waals surface area contributed by atoms with E-state index in [0.29, 0.717) is 10.7 Å². The van der Waals surface area contributed by atoms with Crippen LogP contribution < -0.4 is 16.4 Å². The zero-order valence-electron chi connectivity index (χ0n) is 12.7. The lowest BCUT2D eigenvalue weighted by Crippen LogP contribution is -2.46. The van der Waals surface area contributed by atoms with Crippen LogP contribution in [0.4, 0.5) is 10.5 Å². The highest BCUT2D eigenvalue weighted by Crippen LogP contribution is 2.51. The molecule has 0 fully saturated rings. The average molecular weight is 364 g/mol. The van der Waals surface area contributed by atoms with E-state index in [1.807, 2.05) is 0 Å². The van der Waals surface area contributed by atoms with Crippen molar-refractivity contribution in [1.82, 2.24) is 5.32 Å².